The molecular formula is C9H10N2O5S. The Labute approximate surface area is 96.6 Å². The zero-order valence-corrected chi connectivity index (χ0v) is 9.27. The van der Waals surface area contributed by atoms with Crippen LogP contribution in [0.4, 0.5) is 5.69 Å². The van der Waals surface area contributed by atoms with Gasteiger partial charge in [0.15, 0.2) is 0 Å². The molecule has 8 heteroatoms. The SMILES string of the molecule is Nc1cnc2cc(S(=O)(=O)O)cc(O)c2c1.O. The highest BCUT2D eigenvalue weighted by Crippen LogP contribution is 2.28. The van der Waals surface area contributed by atoms with Crippen LogP contribution in [0.2, 0.25) is 0 Å². The van der Waals surface area contributed by atoms with E-state index in [9.17, 15) is 13.5 Å². The molecule has 7 nitrogen and oxygen atoms in total. The van der Waals surface area contributed by atoms with Gasteiger partial charge in [0.2, 0.25) is 0 Å². The highest BCUT2D eigenvalue weighted by atomic mass is 32.2. The molecule has 0 amide bonds. The van der Waals surface area contributed by atoms with Crippen molar-refractivity contribution in [1.29, 1.82) is 0 Å². The van der Waals surface area contributed by atoms with E-state index in [0.717, 1.165) is 12.1 Å². The standard InChI is InChI=1S/C9H8N2O4S.H2O/c10-5-1-7-8(11-4-5)2-6(3-9(7)12)16(13,14)15;/h1-4,12H,10H2,(H,13,14,15);1H2. The highest BCUT2D eigenvalue weighted by Gasteiger charge is 2.13. The zero-order chi connectivity index (χ0) is 11.9. The van der Waals surface area contributed by atoms with Crippen LogP contribution in [-0.4, -0.2) is 28.5 Å². The number of nitrogens with two attached hydrogens (primary N) is 1. The van der Waals surface area contributed by atoms with Crippen LogP contribution in [-0.2, 0) is 10.1 Å². The summed E-state index contributed by atoms with van der Waals surface area (Å²) in [5.74, 6) is -0.301. The minimum absolute atomic E-state index is 0. The molecule has 0 aliphatic rings. The van der Waals surface area contributed by atoms with Crippen LogP contribution in [0.1, 0.15) is 0 Å². The molecule has 0 saturated carbocycles. The number of anilines is 1. The van der Waals surface area contributed by atoms with Crippen molar-refractivity contribution in [2.75, 3.05) is 5.73 Å². The van der Waals surface area contributed by atoms with E-state index < -0.39 is 15.0 Å². The van der Waals surface area contributed by atoms with Gasteiger partial charge in [-0.15, -0.1) is 0 Å². The minimum atomic E-state index is -4.36. The molecular weight excluding hydrogens is 248 g/mol. The highest BCUT2D eigenvalue weighted by molar-refractivity contribution is 7.85. The first-order valence-corrected chi connectivity index (χ1v) is 5.67. The molecule has 0 fully saturated rings. The number of hydrogen-bond acceptors (Lipinski definition) is 5. The van der Waals surface area contributed by atoms with Gasteiger partial charge in [0.05, 0.1) is 22.3 Å². The number of aromatic hydroxyl groups is 1. The van der Waals surface area contributed by atoms with Crippen LogP contribution in [0.15, 0.2) is 29.3 Å². The molecule has 0 bridgehead atoms. The molecule has 0 aliphatic heterocycles. The van der Waals surface area contributed by atoms with Gasteiger partial charge in [-0.25, -0.2) is 0 Å². The topological polar surface area (TPSA) is 145 Å². The van der Waals surface area contributed by atoms with Crippen molar-refractivity contribution >= 4 is 26.7 Å². The number of nitrogen functional groups attached to an aromatic ring is 1. The van der Waals surface area contributed by atoms with Crippen LogP contribution < -0.4 is 5.73 Å². The predicted octanol–water partition coefficient (Wildman–Crippen LogP) is -0.0554. The number of rotatable bonds is 1. The largest absolute Gasteiger partial charge is 0.507 e. The van der Waals surface area contributed by atoms with Crippen molar-refractivity contribution in [3.05, 3.63) is 24.4 Å². The third-order valence-corrected chi connectivity index (χ3v) is 2.90. The molecule has 0 saturated heterocycles. The van der Waals surface area contributed by atoms with Gasteiger partial charge in [-0.2, -0.15) is 8.42 Å². The number of aromatic nitrogens is 1. The second kappa shape index (κ2) is 4.17. The maximum Gasteiger partial charge on any atom is 0.294 e. The van der Waals surface area contributed by atoms with E-state index in [2.05, 4.69) is 4.98 Å². The Morgan fingerprint density at radius 1 is 1.24 bits per heavy atom. The van der Waals surface area contributed by atoms with Gasteiger partial charge in [0, 0.05) is 11.5 Å². The summed E-state index contributed by atoms with van der Waals surface area (Å²) in [7, 11) is -4.36. The van der Waals surface area contributed by atoms with E-state index in [1.54, 1.807) is 0 Å². The Hall–Kier alpha value is -1.90. The van der Waals surface area contributed by atoms with Crippen LogP contribution in [0.5, 0.6) is 5.75 Å². The number of fused-ring (bicyclic) bond motifs is 1. The first-order chi connectivity index (χ1) is 7.38. The first kappa shape index (κ1) is 13.2. The summed E-state index contributed by atoms with van der Waals surface area (Å²) in [4.78, 5) is 3.45. The van der Waals surface area contributed by atoms with Gasteiger partial charge in [0.1, 0.15) is 5.75 Å². The molecule has 1 aromatic heterocycles. The Morgan fingerprint density at radius 3 is 2.47 bits per heavy atom. The summed E-state index contributed by atoms with van der Waals surface area (Å²) in [6.45, 7) is 0. The molecule has 2 aromatic rings. The predicted molar refractivity (Wildman–Crippen MR) is 61.2 cm³/mol. The van der Waals surface area contributed by atoms with Gasteiger partial charge in [0.25, 0.3) is 10.1 Å². The summed E-state index contributed by atoms with van der Waals surface area (Å²) < 4.78 is 30.6. The summed E-state index contributed by atoms with van der Waals surface area (Å²) in [5, 5.41) is 9.90. The lowest BCUT2D eigenvalue weighted by Gasteiger charge is -2.04. The van der Waals surface area contributed by atoms with Gasteiger partial charge in [-0.05, 0) is 12.1 Å². The number of phenols is 1. The van der Waals surface area contributed by atoms with E-state index in [-0.39, 0.29) is 16.7 Å². The van der Waals surface area contributed by atoms with Crippen LogP contribution in [0, 0.1) is 0 Å². The van der Waals surface area contributed by atoms with Crippen molar-refractivity contribution in [3.8, 4) is 5.75 Å². The molecule has 0 radical (unpaired) electrons. The van der Waals surface area contributed by atoms with Gasteiger partial charge < -0.3 is 16.3 Å². The van der Waals surface area contributed by atoms with E-state index in [1.165, 1.54) is 12.3 Å². The summed E-state index contributed by atoms with van der Waals surface area (Å²) in [6, 6.07) is 3.56. The van der Waals surface area contributed by atoms with Crippen molar-refractivity contribution in [2.24, 2.45) is 0 Å². The second-order valence-electron chi connectivity index (χ2n) is 3.25. The Kier molecular flexibility index (Phi) is 3.23. The number of hydrogen-bond donors (Lipinski definition) is 3. The molecule has 0 atom stereocenters. The molecule has 17 heavy (non-hydrogen) atoms. The monoisotopic (exact) mass is 258 g/mol. The lowest BCUT2D eigenvalue weighted by molar-refractivity contribution is 0.470. The summed E-state index contributed by atoms with van der Waals surface area (Å²) in [6.07, 6.45) is 1.33. The normalized spacial score (nSPS) is 11.1. The lowest BCUT2D eigenvalue weighted by atomic mass is 10.2. The zero-order valence-electron chi connectivity index (χ0n) is 8.45. The smallest absolute Gasteiger partial charge is 0.294 e. The lowest BCUT2D eigenvalue weighted by Crippen LogP contribution is -1.98. The van der Waals surface area contributed by atoms with E-state index >= 15 is 0 Å². The third-order valence-electron chi connectivity index (χ3n) is 2.07. The fourth-order valence-electron chi connectivity index (χ4n) is 1.35. The second-order valence-corrected chi connectivity index (χ2v) is 4.67. The molecule has 0 aliphatic carbocycles. The summed E-state index contributed by atoms with van der Waals surface area (Å²) in [5.41, 5.74) is 6.06. The quantitative estimate of drug-likeness (QED) is 0.611. The molecule has 1 aromatic carbocycles. The summed E-state index contributed by atoms with van der Waals surface area (Å²) >= 11 is 0. The van der Waals surface area contributed by atoms with Crippen molar-refractivity contribution in [2.45, 2.75) is 4.90 Å². The molecule has 1 heterocycles. The average molecular weight is 258 g/mol. The molecule has 0 unspecified atom stereocenters. The van der Waals surface area contributed by atoms with Gasteiger partial charge in [-0.3, -0.25) is 9.54 Å². The fourth-order valence-corrected chi connectivity index (χ4v) is 1.87. The number of phenolic OH excluding ortho intramolecular Hbond substituents is 1. The third kappa shape index (κ3) is 2.44. The molecule has 0 spiro atoms. The minimum Gasteiger partial charge on any atom is -0.507 e. The van der Waals surface area contributed by atoms with Crippen LogP contribution in [0.25, 0.3) is 10.9 Å². The molecule has 92 valence electrons. The molecule has 6 N–H and O–H groups in total. The molecule has 2 rings (SSSR count). The van der Waals surface area contributed by atoms with E-state index in [0.29, 0.717) is 11.1 Å². The van der Waals surface area contributed by atoms with E-state index in [1.807, 2.05) is 0 Å². The number of pyridine rings is 1. The van der Waals surface area contributed by atoms with Gasteiger partial charge in [-0.1, -0.05) is 0 Å². The average Bonchev–Trinajstić information content (AvgIpc) is 2.17. The van der Waals surface area contributed by atoms with Crippen molar-refractivity contribution in [3.63, 3.8) is 0 Å². The van der Waals surface area contributed by atoms with Crippen molar-refractivity contribution < 1.29 is 23.6 Å². The maximum atomic E-state index is 10.9. The Balaban J connectivity index is 0.00000144. The fraction of sp³-hybridized carbons (Fsp3) is 0. The van der Waals surface area contributed by atoms with Crippen molar-refractivity contribution in [1.82, 2.24) is 4.98 Å². The van der Waals surface area contributed by atoms with Crippen LogP contribution in [0.3, 0.4) is 0 Å². The maximum absolute atomic E-state index is 10.9. The number of nitrogens with zero attached hydrogens (tertiary/aromatic N) is 1. The Bertz CT molecular complexity index is 668. The van der Waals surface area contributed by atoms with Gasteiger partial charge >= 0.3 is 0 Å². The number of benzene rings is 1. The van der Waals surface area contributed by atoms with Crippen LogP contribution >= 0.6 is 0 Å². The Morgan fingerprint density at radius 2 is 1.88 bits per heavy atom. The first-order valence-electron chi connectivity index (χ1n) is 4.23. The van der Waals surface area contributed by atoms with E-state index in [4.69, 9.17) is 10.3 Å².